The number of halogens is 3. The molecule has 2 aromatic carbocycles. The molecule has 25 heavy (non-hydrogen) atoms. The monoisotopic (exact) mass is 360 g/mol. The van der Waals surface area contributed by atoms with E-state index in [0.29, 0.717) is 27.9 Å². The molecule has 1 heterocycles. The molecule has 0 amide bonds. The summed E-state index contributed by atoms with van der Waals surface area (Å²) in [6.07, 6.45) is 1.60. The number of ketones is 1. The lowest BCUT2D eigenvalue weighted by atomic mass is 10.1. The number of benzene rings is 2. The van der Waals surface area contributed by atoms with Crippen LogP contribution in [0.4, 0.5) is 14.5 Å². The minimum absolute atomic E-state index is 0.0193. The highest BCUT2D eigenvalue weighted by Gasteiger charge is 2.14. The maximum atomic E-state index is 14.2. The minimum Gasteiger partial charge on any atom is -0.358 e. The van der Waals surface area contributed by atoms with Crippen LogP contribution in [0.1, 0.15) is 18.1 Å². The van der Waals surface area contributed by atoms with Crippen molar-refractivity contribution in [1.29, 1.82) is 0 Å². The molecular formula is C19H15ClF2N2O. The van der Waals surface area contributed by atoms with E-state index in [4.69, 9.17) is 11.6 Å². The first-order valence-corrected chi connectivity index (χ1v) is 7.94. The molecule has 1 aromatic heterocycles. The Morgan fingerprint density at radius 3 is 2.76 bits per heavy atom. The van der Waals surface area contributed by atoms with Crippen LogP contribution in [0.3, 0.4) is 0 Å². The maximum Gasteiger partial charge on any atom is 0.147 e. The number of nitrogens with one attached hydrogen (secondary N) is 2. The molecule has 0 aliphatic rings. The Hall–Kier alpha value is -2.66. The van der Waals surface area contributed by atoms with Gasteiger partial charge in [-0.1, -0.05) is 30.3 Å². The standard InChI is InChI=1S/C19H15ClF2N2O/c1-10(25)6-12-7-15(20)18(8-17(12)22)24-11(2)14-9-23-19-13(14)4-3-5-16(19)21/h3-5,7-9,23-24H,2,6H2,1H3. The van der Waals surface area contributed by atoms with E-state index in [9.17, 15) is 13.6 Å². The van der Waals surface area contributed by atoms with Gasteiger partial charge in [0.2, 0.25) is 0 Å². The number of aromatic nitrogens is 1. The zero-order chi connectivity index (χ0) is 18.1. The first-order valence-electron chi connectivity index (χ1n) is 7.56. The molecule has 3 rings (SSSR count). The number of Topliss-reactive ketones (excluding diaryl/α,β-unsaturated/α-hetero) is 1. The number of fused-ring (bicyclic) bond motifs is 1. The Balaban J connectivity index is 1.91. The summed E-state index contributed by atoms with van der Waals surface area (Å²) in [5.74, 6) is -1.05. The van der Waals surface area contributed by atoms with E-state index in [0.717, 1.165) is 0 Å². The van der Waals surface area contributed by atoms with Gasteiger partial charge in [-0.3, -0.25) is 4.79 Å². The van der Waals surface area contributed by atoms with E-state index >= 15 is 0 Å². The van der Waals surface area contributed by atoms with Gasteiger partial charge in [-0.15, -0.1) is 0 Å². The summed E-state index contributed by atoms with van der Waals surface area (Å²) in [6.45, 7) is 5.31. The fourth-order valence-corrected chi connectivity index (χ4v) is 2.92. The van der Waals surface area contributed by atoms with Crippen molar-refractivity contribution in [3.8, 4) is 0 Å². The van der Waals surface area contributed by atoms with Crippen molar-refractivity contribution in [2.75, 3.05) is 5.32 Å². The maximum absolute atomic E-state index is 14.2. The van der Waals surface area contributed by atoms with E-state index < -0.39 is 5.82 Å². The Bertz CT molecular complexity index is 994. The summed E-state index contributed by atoms with van der Waals surface area (Å²) in [5.41, 5.74) is 2.02. The average molecular weight is 361 g/mol. The Morgan fingerprint density at radius 2 is 2.04 bits per heavy atom. The summed E-state index contributed by atoms with van der Waals surface area (Å²) in [6, 6.07) is 7.36. The van der Waals surface area contributed by atoms with Crippen LogP contribution in [0, 0.1) is 11.6 Å². The third kappa shape index (κ3) is 3.42. The summed E-state index contributed by atoms with van der Waals surface area (Å²) >= 11 is 6.18. The van der Waals surface area contributed by atoms with Gasteiger partial charge in [0, 0.05) is 29.3 Å². The van der Waals surface area contributed by atoms with Crippen LogP contribution in [-0.2, 0) is 11.2 Å². The van der Waals surface area contributed by atoms with Crippen LogP contribution in [0.5, 0.6) is 0 Å². The number of hydrogen-bond acceptors (Lipinski definition) is 2. The van der Waals surface area contributed by atoms with Gasteiger partial charge >= 0.3 is 0 Å². The van der Waals surface area contributed by atoms with Crippen molar-refractivity contribution in [2.24, 2.45) is 0 Å². The first kappa shape index (κ1) is 17.2. The second-order valence-corrected chi connectivity index (χ2v) is 6.18. The average Bonchev–Trinajstić information content (AvgIpc) is 2.97. The number of anilines is 1. The van der Waals surface area contributed by atoms with Crippen molar-refractivity contribution >= 4 is 39.7 Å². The highest BCUT2D eigenvalue weighted by Crippen LogP contribution is 2.31. The van der Waals surface area contributed by atoms with Gasteiger partial charge in [-0.05, 0) is 30.7 Å². The molecule has 0 aliphatic carbocycles. The number of carbonyl (C=O) groups is 1. The molecule has 0 unspecified atom stereocenters. The molecule has 0 aliphatic heterocycles. The zero-order valence-corrected chi connectivity index (χ0v) is 14.2. The third-order valence-corrected chi connectivity index (χ3v) is 4.16. The number of aromatic amines is 1. The molecule has 0 atom stereocenters. The lowest BCUT2D eigenvalue weighted by Crippen LogP contribution is -2.03. The second-order valence-electron chi connectivity index (χ2n) is 5.77. The largest absolute Gasteiger partial charge is 0.358 e. The van der Waals surface area contributed by atoms with Gasteiger partial charge in [-0.2, -0.15) is 0 Å². The molecule has 0 fully saturated rings. The van der Waals surface area contributed by atoms with E-state index in [2.05, 4.69) is 16.9 Å². The van der Waals surface area contributed by atoms with Gasteiger partial charge in [0.25, 0.3) is 0 Å². The van der Waals surface area contributed by atoms with Crippen LogP contribution >= 0.6 is 11.6 Å². The second kappa shape index (κ2) is 6.69. The number of H-pyrrole nitrogens is 1. The zero-order valence-electron chi connectivity index (χ0n) is 13.4. The van der Waals surface area contributed by atoms with Crippen molar-refractivity contribution in [2.45, 2.75) is 13.3 Å². The van der Waals surface area contributed by atoms with Crippen molar-refractivity contribution in [3.63, 3.8) is 0 Å². The Morgan fingerprint density at radius 1 is 1.28 bits per heavy atom. The van der Waals surface area contributed by atoms with Crippen LogP contribution in [0.15, 0.2) is 43.1 Å². The van der Waals surface area contributed by atoms with E-state index in [-0.39, 0.29) is 28.6 Å². The molecule has 2 N–H and O–H groups in total. The SMILES string of the molecule is C=C(Nc1cc(F)c(CC(C)=O)cc1Cl)c1c[nH]c2c(F)cccc12. The summed E-state index contributed by atoms with van der Waals surface area (Å²) in [7, 11) is 0. The number of rotatable bonds is 5. The number of para-hydroxylation sites is 1. The van der Waals surface area contributed by atoms with Gasteiger partial charge in [0.1, 0.15) is 17.4 Å². The summed E-state index contributed by atoms with van der Waals surface area (Å²) in [4.78, 5) is 14.0. The number of carbonyl (C=O) groups excluding carboxylic acids is 1. The van der Waals surface area contributed by atoms with E-state index in [1.54, 1.807) is 18.3 Å². The predicted molar refractivity (Wildman–Crippen MR) is 96.7 cm³/mol. The quantitative estimate of drug-likeness (QED) is 0.647. The smallest absolute Gasteiger partial charge is 0.147 e. The Kier molecular flexibility index (Phi) is 4.59. The third-order valence-electron chi connectivity index (χ3n) is 3.85. The minimum atomic E-state index is -0.528. The summed E-state index contributed by atoms with van der Waals surface area (Å²) in [5, 5.41) is 3.88. The Labute approximate surface area is 148 Å². The van der Waals surface area contributed by atoms with Gasteiger partial charge < -0.3 is 10.3 Å². The van der Waals surface area contributed by atoms with Crippen molar-refractivity contribution in [3.05, 3.63) is 70.9 Å². The van der Waals surface area contributed by atoms with Crippen LogP contribution in [0.25, 0.3) is 16.6 Å². The molecular weight excluding hydrogens is 346 g/mol. The molecule has 3 nitrogen and oxygen atoms in total. The molecule has 0 radical (unpaired) electrons. The van der Waals surface area contributed by atoms with Crippen molar-refractivity contribution < 1.29 is 13.6 Å². The highest BCUT2D eigenvalue weighted by atomic mass is 35.5. The van der Waals surface area contributed by atoms with Crippen LogP contribution in [-0.4, -0.2) is 10.8 Å². The fraction of sp³-hybridized carbons (Fsp3) is 0.105. The highest BCUT2D eigenvalue weighted by molar-refractivity contribution is 6.33. The lowest BCUT2D eigenvalue weighted by molar-refractivity contribution is -0.116. The first-order chi connectivity index (χ1) is 11.9. The van der Waals surface area contributed by atoms with Crippen LogP contribution in [0.2, 0.25) is 5.02 Å². The molecule has 0 saturated carbocycles. The molecule has 0 bridgehead atoms. The van der Waals surface area contributed by atoms with Gasteiger partial charge in [0.15, 0.2) is 0 Å². The molecule has 6 heteroatoms. The number of hydrogen-bond donors (Lipinski definition) is 2. The topological polar surface area (TPSA) is 44.9 Å². The predicted octanol–water partition coefficient (Wildman–Crippen LogP) is 5.31. The van der Waals surface area contributed by atoms with Crippen molar-refractivity contribution in [1.82, 2.24) is 4.98 Å². The van der Waals surface area contributed by atoms with Gasteiger partial charge in [-0.25, -0.2) is 8.78 Å². The molecule has 0 spiro atoms. The fourth-order valence-electron chi connectivity index (χ4n) is 2.68. The van der Waals surface area contributed by atoms with E-state index in [1.807, 2.05) is 0 Å². The molecule has 3 aromatic rings. The van der Waals surface area contributed by atoms with Gasteiger partial charge in [0.05, 0.1) is 16.2 Å². The van der Waals surface area contributed by atoms with E-state index in [1.165, 1.54) is 25.1 Å². The summed E-state index contributed by atoms with van der Waals surface area (Å²) < 4.78 is 27.9. The lowest BCUT2D eigenvalue weighted by Gasteiger charge is -2.12. The molecule has 128 valence electrons. The molecule has 0 saturated heterocycles. The normalized spacial score (nSPS) is 10.9. The van der Waals surface area contributed by atoms with Crippen LogP contribution < -0.4 is 5.32 Å².